The Morgan fingerprint density at radius 1 is 1.37 bits per heavy atom. The Labute approximate surface area is 116 Å². The average Bonchev–Trinajstić information content (AvgIpc) is 2.83. The molecule has 0 amide bonds. The number of halogens is 1. The summed E-state index contributed by atoms with van der Waals surface area (Å²) in [6.45, 7) is 2.56. The molecule has 0 unspecified atom stereocenters. The van der Waals surface area contributed by atoms with Crippen molar-refractivity contribution in [3.63, 3.8) is 0 Å². The smallest absolute Gasteiger partial charge is 0.360 e. The Morgan fingerprint density at radius 2 is 2.11 bits per heavy atom. The van der Waals surface area contributed by atoms with Crippen molar-refractivity contribution in [2.45, 2.75) is 19.3 Å². The van der Waals surface area contributed by atoms with Crippen molar-refractivity contribution < 1.29 is 9.53 Å². The third kappa shape index (κ3) is 3.12. The molecule has 0 aliphatic heterocycles. The van der Waals surface area contributed by atoms with Crippen LogP contribution >= 0.6 is 11.6 Å². The van der Waals surface area contributed by atoms with Crippen LogP contribution in [0.25, 0.3) is 0 Å². The number of ether oxygens (including phenoxy) is 1. The maximum absolute atomic E-state index is 11.7. The fourth-order valence-electron chi connectivity index (χ4n) is 1.71. The number of nitrogens with zero attached hydrogens (tertiary/aromatic N) is 3. The lowest BCUT2D eigenvalue weighted by Crippen LogP contribution is -2.10. The van der Waals surface area contributed by atoms with Gasteiger partial charge in [0.1, 0.15) is 0 Å². The second-order valence-electron chi connectivity index (χ2n) is 3.88. The lowest BCUT2D eigenvalue weighted by molar-refractivity contribution is 0.0518. The molecule has 0 aliphatic rings. The van der Waals surface area contributed by atoms with Gasteiger partial charge in [-0.1, -0.05) is 35.5 Å². The van der Waals surface area contributed by atoms with Gasteiger partial charge in [0.05, 0.1) is 24.7 Å². The van der Waals surface area contributed by atoms with Gasteiger partial charge in [0, 0.05) is 0 Å². The standard InChI is InChI=1S/C13H14ClN3O2/c1-2-19-13(18)12-11(8-14)17(16-15-12)9-10-6-4-3-5-7-10/h3-7H,2,8-9H2,1H3. The molecule has 0 atom stereocenters. The first-order valence-corrected chi connectivity index (χ1v) is 6.49. The van der Waals surface area contributed by atoms with E-state index < -0.39 is 5.97 Å². The van der Waals surface area contributed by atoms with Gasteiger partial charge in [0.15, 0.2) is 5.69 Å². The molecule has 0 spiro atoms. The normalized spacial score (nSPS) is 10.4. The zero-order valence-electron chi connectivity index (χ0n) is 10.5. The zero-order chi connectivity index (χ0) is 13.7. The lowest BCUT2D eigenvalue weighted by Gasteiger charge is -2.05. The number of hydrogen-bond acceptors (Lipinski definition) is 4. The first-order chi connectivity index (χ1) is 9.26. The number of carbonyl (C=O) groups excluding carboxylic acids is 1. The number of aromatic nitrogens is 3. The minimum Gasteiger partial charge on any atom is -0.461 e. The van der Waals surface area contributed by atoms with Gasteiger partial charge in [0.2, 0.25) is 0 Å². The molecule has 1 heterocycles. The summed E-state index contributed by atoms with van der Waals surface area (Å²) in [6.07, 6.45) is 0. The van der Waals surface area contributed by atoms with Crippen LogP contribution < -0.4 is 0 Å². The summed E-state index contributed by atoms with van der Waals surface area (Å²) < 4.78 is 6.54. The van der Waals surface area contributed by atoms with Gasteiger partial charge in [-0.25, -0.2) is 9.48 Å². The van der Waals surface area contributed by atoms with Crippen LogP contribution in [0.2, 0.25) is 0 Å². The Balaban J connectivity index is 2.25. The monoisotopic (exact) mass is 279 g/mol. The van der Waals surface area contributed by atoms with Crippen molar-refractivity contribution in [3.05, 3.63) is 47.3 Å². The summed E-state index contributed by atoms with van der Waals surface area (Å²) >= 11 is 5.88. The van der Waals surface area contributed by atoms with E-state index in [9.17, 15) is 4.79 Å². The minimum atomic E-state index is -0.488. The number of esters is 1. The molecule has 0 saturated carbocycles. The Morgan fingerprint density at radius 3 is 2.74 bits per heavy atom. The average molecular weight is 280 g/mol. The summed E-state index contributed by atoms with van der Waals surface area (Å²) in [7, 11) is 0. The van der Waals surface area contributed by atoms with Crippen molar-refractivity contribution in [3.8, 4) is 0 Å². The van der Waals surface area contributed by atoms with Crippen molar-refractivity contribution in [1.82, 2.24) is 15.0 Å². The molecule has 5 nitrogen and oxygen atoms in total. The molecule has 2 rings (SSSR count). The molecular weight excluding hydrogens is 266 g/mol. The van der Waals surface area contributed by atoms with Crippen molar-refractivity contribution in [2.75, 3.05) is 6.61 Å². The molecule has 0 fully saturated rings. The van der Waals surface area contributed by atoms with E-state index >= 15 is 0 Å². The molecule has 0 radical (unpaired) electrons. The van der Waals surface area contributed by atoms with Crippen LogP contribution in [-0.4, -0.2) is 27.6 Å². The van der Waals surface area contributed by atoms with Crippen LogP contribution in [-0.2, 0) is 17.2 Å². The van der Waals surface area contributed by atoms with E-state index in [1.807, 2.05) is 30.3 Å². The van der Waals surface area contributed by atoms with Gasteiger partial charge >= 0.3 is 5.97 Å². The predicted octanol–water partition coefficient (Wildman–Crippen LogP) is 2.24. The number of rotatable bonds is 5. The van der Waals surface area contributed by atoms with E-state index in [0.717, 1.165) is 5.56 Å². The second kappa shape index (κ2) is 6.33. The molecule has 0 saturated heterocycles. The first kappa shape index (κ1) is 13.5. The summed E-state index contributed by atoms with van der Waals surface area (Å²) in [5, 5.41) is 7.82. The van der Waals surface area contributed by atoms with Crippen LogP contribution in [0.5, 0.6) is 0 Å². The third-order valence-electron chi connectivity index (χ3n) is 2.61. The zero-order valence-corrected chi connectivity index (χ0v) is 11.3. The SMILES string of the molecule is CCOC(=O)c1nnn(Cc2ccccc2)c1CCl. The molecule has 1 aromatic carbocycles. The lowest BCUT2D eigenvalue weighted by atomic mass is 10.2. The molecule has 19 heavy (non-hydrogen) atoms. The highest BCUT2D eigenvalue weighted by Crippen LogP contribution is 2.12. The van der Waals surface area contributed by atoms with E-state index in [4.69, 9.17) is 16.3 Å². The third-order valence-corrected chi connectivity index (χ3v) is 2.86. The van der Waals surface area contributed by atoms with Gasteiger partial charge in [-0.05, 0) is 12.5 Å². The molecule has 6 heteroatoms. The molecule has 100 valence electrons. The molecule has 0 bridgehead atoms. The van der Waals surface area contributed by atoms with Gasteiger partial charge in [-0.15, -0.1) is 16.7 Å². The number of benzene rings is 1. The summed E-state index contributed by atoms with van der Waals surface area (Å²) in [5.74, 6) is -0.328. The quantitative estimate of drug-likeness (QED) is 0.622. The van der Waals surface area contributed by atoms with Gasteiger partial charge < -0.3 is 4.74 Å². The van der Waals surface area contributed by atoms with Crippen LogP contribution in [0, 0.1) is 0 Å². The first-order valence-electron chi connectivity index (χ1n) is 5.95. The highest BCUT2D eigenvalue weighted by atomic mass is 35.5. The van der Waals surface area contributed by atoms with Crippen LogP contribution in [0.3, 0.4) is 0 Å². The molecule has 2 aromatic rings. The van der Waals surface area contributed by atoms with E-state index in [0.29, 0.717) is 18.8 Å². The molecular formula is C13H14ClN3O2. The van der Waals surface area contributed by atoms with Gasteiger partial charge in [-0.3, -0.25) is 0 Å². The van der Waals surface area contributed by atoms with Gasteiger partial charge in [-0.2, -0.15) is 0 Å². The molecule has 0 N–H and O–H groups in total. The molecule has 0 aliphatic carbocycles. The largest absolute Gasteiger partial charge is 0.461 e. The van der Waals surface area contributed by atoms with E-state index in [2.05, 4.69) is 10.3 Å². The van der Waals surface area contributed by atoms with Crippen LogP contribution in [0.1, 0.15) is 28.7 Å². The van der Waals surface area contributed by atoms with Gasteiger partial charge in [0.25, 0.3) is 0 Å². The summed E-state index contributed by atoms with van der Waals surface area (Å²) in [4.78, 5) is 11.7. The summed E-state index contributed by atoms with van der Waals surface area (Å²) in [6, 6.07) is 9.78. The highest BCUT2D eigenvalue weighted by molar-refractivity contribution is 6.17. The maximum atomic E-state index is 11.7. The number of hydrogen-bond donors (Lipinski definition) is 0. The Kier molecular flexibility index (Phi) is 4.52. The van der Waals surface area contributed by atoms with Crippen LogP contribution in [0.4, 0.5) is 0 Å². The Hall–Kier alpha value is -1.88. The maximum Gasteiger partial charge on any atom is 0.360 e. The fraction of sp³-hybridized carbons (Fsp3) is 0.308. The highest BCUT2D eigenvalue weighted by Gasteiger charge is 2.20. The second-order valence-corrected chi connectivity index (χ2v) is 4.15. The van der Waals surface area contributed by atoms with Crippen molar-refractivity contribution >= 4 is 17.6 Å². The van der Waals surface area contributed by atoms with E-state index in [1.165, 1.54) is 0 Å². The van der Waals surface area contributed by atoms with Crippen LogP contribution in [0.15, 0.2) is 30.3 Å². The molecule has 1 aromatic heterocycles. The van der Waals surface area contributed by atoms with E-state index in [1.54, 1.807) is 11.6 Å². The summed E-state index contributed by atoms with van der Waals surface area (Å²) in [5.41, 5.74) is 1.82. The number of alkyl halides is 1. The van der Waals surface area contributed by atoms with E-state index in [-0.39, 0.29) is 11.6 Å². The topological polar surface area (TPSA) is 57.0 Å². The van der Waals surface area contributed by atoms with Crippen molar-refractivity contribution in [2.24, 2.45) is 0 Å². The van der Waals surface area contributed by atoms with Crippen molar-refractivity contribution in [1.29, 1.82) is 0 Å². The Bertz CT molecular complexity index is 554. The fourth-order valence-corrected chi connectivity index (χ4v) is 1.97. The predicted molar refractivity (Wildman–Crippen MR) is 71.1 cm³/mol. The number of carbonyl (C=O) groups is 1. The minimum absolute atomic E-state index is 0.161.